The molecule has 0 bridgehead atoms. The molecule has 0 saturated carbocycles. The van der Waals surface area contributed by atoms with Gasteiger partial charge in [-0.05, 0) is 12.0 Å². The molecule has 0 spiro atoms. The summed E-state index contributed by atoms with van der Waals surface area (Å²) in [6.07, 6.45) is 3.56. The van der Waals surface area contributed by atoms with E-state index in [2.05, 4.69) is 15.3 Å². The van der Waals surface area contributed by atoms with E-state index in [9.17, 15) is 4.79 Å². The van der Waals surface area contributed by atoms with Crippen LogP contribution in [0.15, 0.2) is 42.9 Å². The van der Waals surface area contributed by atoms with Crippen molar-refractivity contribution in [3.05, 3.63) is 54.0 Å². The topological polar surface area (TPSA) is 84.3 Å². The quantitative estimate of drug-likeness (QED) is 0.773. The van der Waals surface area contributed by atoms with E-state index in [0.29, 0.717) is 18.0 Å². The normalized spacial score (nSPS) is 11.9. The first-order valence-corrected chi connectivity index (χ1v) is 6.99. The predicted molar refractivity (Wildman–Crippen MR) is 82.8 cm³/mol. The van der Waals surface area contributed by atoms with Gasteiger partial charge in [0.15, 0.2) is 0 Å². The molecule has 116 valence electrons. The molecule has 22 heavy (non-hydrogen) atoms. The van der Waals surface area contributed by atoms with Gasteiger partial charge in [0.25, 0.3) is 0 Å². The molecule has 0 saturated heterocycles. The average molecular weight is 301 g/mol. The number of rotatable bonds is 8. The third-order valence-electron chi connectivity index (χ3n) is 3.16. The summed E-state index contributed by atoms with van der Waals surface area (Å²) in [6.45, 7) is 0.491. The van der Waals surface area contributed by atoms with Crippen molar-refractivity contribution in [3.63, 3.8) is 0 Å². The summed E-state index contributed by atoms with van der Waals surface area (Å²) in [6, 6.07) is 10.0. The number of aromatic nitrogens is 2. The Bertz CT molecular complexity index is 605. The maximum Gasteiger partial charge on any atom is 0.308 e. The van der Waals surface area contributed by atoms with E-state index in [1.54, 1.807) is 7.11 Å². The van der Waals surface area contributed by atoms with Gasteiger partial charge in [-0.1, -0.05) is 30.3 Å². The molecule has 2 rings (SSSR count). The van der Waals surface area contributed by atoms with Crippen molar-refractivity contribution in [2.45, 2.75) is 18.9 Å². The molecule has 6 heteroatoms. The smallest absolute Gasteiger partial charge is 0.308 e. The van der Waals surface area contributed by atoms with Crippen LogP contribution in [0, 0.1) is 0 Å². The van der Waals surface area contributed by atoms with Crippen LogP contribution in [-0.2, 0) is 22.4 Å². The highest BCUT2D eigenvalue weighted by molar-refractivity contribution is 5.72. The average Bonchev–Trinajstić information content (AvgIpc) is 2.50. The molecule has 0 aliphatic rings. The molecule has 0 aliphatic carbocycles. The lowest BCUT2D eigenvalue weighted by Gasteiger charge is -2.20. The van der Waals surface area contributed by atoms with E-state index >= 15 is 0 Å². The Labute approximate surface area is 129 Å². The third kappa shape index (κ3) is 4.82. The van der Waals surface area contributed by atoms with E-state index in [-0.39, 0.29) is 12.5 Å². The highest BCUT2D eigenvalue weighted by Gasteiger charge is 2.14. The van der Waals surface area contributed by atoms with Gasteiger partial charge in [0.2, 0.25) is 0 Å². The Morgan fingerprint density at radius 2 is 2.14 bits per heavy atom. The number of carboxylic acid groups (broad SMARTS) is 1. The minimum atomic E-state index is -0.913. The van der Waals surface area contributed by atoms with E-state index in [4.69, 9.17) is 9.84 Å². The fourth-order valence-electron chi connectivity index (χ4n) is 2.23. The molecule has 1 aromatic heterocycles. The van der Waals surface area contributed by atoms with Crippen LogP contribution in [-0.4, -0.2) is 40.8 Å². The molecular weight excluding hydrogens is 282 g/mol. The van der Waals surface area contributed by atoms with Crippen molar-refractivity contribution in [3.8, 4) is 0 Å². The Morgan fingerprint density at radius 3 is 2.82 bits per heavy atom. The summed E-state index contributed by atoms with van der Waals surface area (Å²) < 4.78 is 5.25. The second-order valence-electron chi connectivity index (χ2n) is 4.95. The second-order valence-corrected chi connectivity index (χ2v) is 4.95. The minimum Gasteiger partial charge on any atom is -0.481 e. The van der Waals surface area contributed by atoms with Crippen LogP contribution in [0.1, 0.15) is 11.1 Å². The number of benzene rings is 1. The van der Waals surface area contributed by atoms with Crippen LogP contribution in [0.2, 0.25) is 0 Å². The number of anilines is 1. The van der Waals surface area contributed by atoms with Crippen molar-refractivity contribution < 1.29 is 14.6 Å². The molecule has 1 atom stereocenters. The Morgan fingerprint density at radius 1 is 1.36 bits per heavy atom. The van der Waals surface area contributed by atoms with Crippen molar-refractivity contribution in [1.29, 1.82) is 0 Å². The first kappa shape index (κ1) is 15.9. The van der Waals surface area contributed by atoms with E-state index in [1.165, 1.54) is 18.1 Å². The van der Waals surface area contributed by atoms with Gasteiger partial charge in [-0.2, -0.15) is 0 Å². The SMILES string of the molecule is COCC(Cc1ccccc1)Nc1ncncc1CC(=O)O. The fourth-order valence-corrected chi connectivity index (χ4v) is 2.23. The molecule has 1 aromatic carbocycles. The Kier molecular flexibility index (Phi) is 5.85. The number of carboxylic acids is 1. The van der Waals surface area contributed by atoms with Gasteiger partial charge in [-0.25, -0.2) is 9.97 Å². The number of hydrogen-bond acceptors (Lipinski definition) is 5. The van der Waals surface area contributed by atoms with Gasteiger partial charge in [0, 0.05) is 18.9 Å². The maximum atomic E-state index is 10.9. The summed E-state index contributed by atoms with van der Waals surface area (Å²) in [5.74, 6) is -0.375. The van der Waals surface area contributed by atoms with Crippen LogP contribution in [0.4, 0.5) is 5.82 Å². The Balaban J connectivity index is 2.12. The third-order valence-corrected chi connectivity index (χ3v) is 3.16. The van der Waals surface area contributed by atoms with Gasteiger partial charge in [-0.15, -0.1) is 0 Å². The molecule has 2 aromatic rings. The van der Waals surface area contributed by atoms with Crippen LogP contribution < -0.4 is 5.32 Å². The van der Waals surface area contributed by atoms with Gasteiger partial charge < -0.3 is 15.2 Å². The highest BCUT2D eigenvalue weighted by atomic mass is 16.5. The van der Waals surface area contributed by atoms with Crippen LogP contribution in [0.5, 0.6) is 0 Å². The molecule has 0 amide bonds. The largest absolute Gasteiger partial charge is 0.481 e. The monoisotopic (exact) mass is 301 g/mol. The van der Waals surface area contributed by atoms with Crippen molar-refractivity contribution >= 4 is 11.8 Å². The van der Waals surface area contributed by atoms with Crippen molar-refractivity contribution in [2.75, 3.05) is 19.0 Å². The summed E-state index contributed by atoms with van der Waals surface area (Å²) in [5.41, 5.74) is 1.73. The van der Waals surface area contributed by atoms with Crippen LogP contribution in [0.25, 0.3) is 0 Å². The molecule has 0 fully saturated rings. The number of ether oxygens (including phenoxy) is 1. The van der Waals surface area contributed by atoms with Crippen molar-refractivity contribution in [2.24, 2.45) is 0 Å². The fraction of sp³-hybridized carbons (Fsp3) is 0.312. The molecule has 0 aliphatic heterocycles. The maximum absolute atomic E-state index is 10.9. The number of methoxy groups -OCH3 is 1. The summed E-state index contributed by atoms with van der Waals surface area (Å²) in [7, 11) is 1.64. The second kappa shape index (κ2) is 8.09. The molecule has 2 N–H and O–H groups in total. The van der Waals surface area contributed by atoms with Crippen molar-refractivity contribution in [1.82, 2.24) is 9.97 Å². The van der Waals surface area contributed by atoms with Gasteiger partial charge in [0.1, 0.15) is 12.1 Å². The zero-order valence-electron chi connectivity index (χ0n) is 12.4. The zero-order valence-corrected chi connectivity index (χ0v) is 12.4. The van der Waals surface area contributed by atoms with Gasteiger partial charge >= 0.3 is 5.97 Å². The predicted octanol–water partition coefficient (Wildman–Crippen LogP) is 1.77. The van der Waals surface area contributed by atoms with E-state index in [0.717, 1.165) is 6.42 Å². The lowest BCUT2D eigenvalue weighted by Crippen LogP contribution is -2.28. The number of nitrogens with zero attached hydrogens (tertiary/aromatic N) is 2. The number of carbonyl (C=O) groups is 1. The molecule has 1 heterocycles. The summed E-state index contributed by atoms with van der Waals surface area (Å²) in [5, 5.41) is 12.2. The molecule has 0 radical (unpaired) electrons. The molecule has 1 unspecified atom stereocenters. The molecule has 6 nitrogen and oxygen atoms in total. The van der Waals surface area contributed by atoms with Gasteiger partial charge in [0.05, 0.1) is 19.1 Å². The lowest BCUT2D eigenvalue weighted by atomic mass is 10.1. The molecular formula is C16H19N3O3. The lowest BCUT2D eigenvalue weighted by molar-refractivity contribution is -0.136. The number of aliphatic carboxylic acids is 1. The summed E-state index contributed by atoms with van der Waals surface area (Å²) >= 11 is 0. The standard InChI is InChI=1S/C16H19N3O3/c1-22-10-14(7-12-5-3-2-4-6-12)19-16-13(8-15(20)21)9-17-11-18-16/h2-6,9,11,14H,7-8,10H2,1H3,(H,20,21)(H,17,18,19). The highest BCUT2D eigenvalue weighted by Crippen LogP contribution is 2.14. The minimum absolute atomic E-state index is 0.00477. The Hall–Kier alpha value is -2.47. The summed E-state index contributed by atoms with van der Waals surface area (Å²) in [4.78, 5) is 19.0. The first-order chi connectivity index (χ1) is 10.7. The van der Waals surface area contributed by atoms with E-state index < -0.39 is 5.97 Å². The van der Waals surface area contributed by atoms with Crippen LogP contribution in [0.3, 0.4) is 0 Å². The number of hydrogen-bond donors (Lipinski definition) is 2. The van der Waals surface area contributed by atoms with Crippen LogP contribution >= 0.6 is 0 Å². The van der Waals surface area contributed by atoms with E-state index in [1.807, 2.05) is 30.3 Å². The van der Waals surface area contributed by atoms with Gasteiger partial charge in [-0.3, -0.25) is 4.79 Å². The number of nitrogens with one attached hydrogen (secondary N) is 1. The first-order valence-electron chi connectivity index (χ1n) is 6.99. The zero-order chi connectivity index (χ0) is 15.8.